The van der Waals surface area contributed by atoms with E-state index in [2.05, 4.69) is 4.98 Å². The fourth-order valence-electron chi connectivity index (χ4n) is 2.78. The third kappa shape index (κ3) is 2.62. The number of likely N-dealkylation sites (tertiary alicyclic amines) is 1. The molecule has 1 aromatic heterocycles. The quantitative estimate of drug-likeness (QED) is 0.818. The van der Waals surface area contributed by atoms with Gasteiger partial charge in [0.05, 0.1) is 16.9 Å². The minimum Gasteiger partial charge on any atom is -0.341 e. The van der Waals surface area contributed by atoms with Crippen molar-refractivity contribution in [3.63, 3.8) is 0 Å². The summed E-state index contributed by atoms with van der Waals surface area (Å²) < 4.78 is 15.4. The zero-order valence-electron chi connectivity index (χ0n) is 11.9. The van der Waals surface area contributed by atoms with Crippen LogP contribution in [-0.4, -0.2) is 33.4 Å². The van der Waals surface area contributed by atoms with E-state index in [1.54, 1.807) is 17.6 Å². The lowest BCUT2D eigenvalue weighted by atomic mass is 10.2. The van der Waals surface area contributed by atoms with E-state index in [1.165, 1.54) is 6.07 Å². The third-order valence-electron chi connectivity index (χ3n) is 3.98. The van der Waals surface area contributed by atoms with Crippen LogP contribution in [0.4, 0.5) is 4.39 Å². The van der Waals surface area contributed by atoms with Gasteiger partial charge in [0.2, 0.25) is 5.91 Å². The summed E-state index contributed by atoms with van der Waals surface area (Å²) in [5, 5.41) is 0. The molecule has 112 valence electrons. The number of nitrogens with zero attached hydrogens (tertiary/aromatic N) is 3. The number of imidazole rings is 1. The van der Waals surface area contributed by atoms with Crippen LogP contribution in [-0.2, 0) is 17.2 Å². The lowest BCUT2D eigenvalue weighted by Gasteiger charge is -2.16. The Labute approximate surface area is 127 Å². The molecule has 3 rings (SSSR count). The van der Waals surface area contributed by atoms with Gasteiger partial charge in [0.25, 0.3) is 0 Å². The zero-order chi connectivity index (χ0) is 15.0. The van der Waals surface area contributed by atoms with Crippen LogP contribution in [0.25, 0.3) is 11.0 Å². The Morgan fingerprint density at radius 3 is 2.76 bits per heavy atom. The molecule has 0 atom stereocenters. The largest absolute Gasteiger partial charge is 0.341 e. The summed E-state index contributed by atoms with van der Waals surface area (Å²) in [5.74, 6) is 0.575. The summed E-state index contributed by atoms with van der Waals surface area (Å²) in [6, 6.07) is 3.13. The van der Waals surface area contributed by atoms with E-state index in [0.717, 1.165) is 31.4 Å². The number of hydrogen-bond acceptors (Lipinski definition) is 2. The van der Waals surface area contributed by atoms with Gasteiger partial charge in [-0.25, -0.2) is 9.37 Å². The van der Waals surface area contributed by atoms with Crippen LogP contribution in [0.5, 0.6) is 0 Å². The molecule has 1 saturated heterocycles. The molecule has 1 fully saturated rings. The van der Waals surface area contributed by atoms with Gasteiger partial charge in [0, 0.05) is 19.2 Å². The molecule has 1 aliphatic heterocycles. The van der Waals surface area contributed by atoms with E-state index in [9.17, 15) is 9.18 Å². The maximum atomic E-state index is 13.6. The highest BCUT2D eigenvalue weighted by atomic mass is 35.5. The van der Waals surface area contributed by atoms with Crippen molar-refractivity contribution in [3.05, 3.63) is 29.3 Å². The molecule has 0 unspecified atom stereocenters. The van der Waals surface area contributed by atoms with Crippen molar-refractivity contribution < 1.29 is 9.18 Å². The first-order valence-corrected chi connectivity index (χ1v) is 7.62. The molecule has 1 amide bonds. The fraction of sp³-hybridized carbons (Fsp3) is 0.467. The molecule has 0 N–H and O–H groups in total. The van der Waals surface area contributed by atoms with Gasteiger partial charge < -0.3 is 9.47 Å². The monoisotopic (exact) mass is 309 g/mol. The predicted octanol–water partition coefficient (Wildman–Crippen LogP) is 2.85. The Balaban J connectivity index is 1.99. The molecule has 6 heteroatoms. The molecule has 0 radical (unpaired) electrons. The smallest absolute Gasteiger partial charge is 0.242 e. The van der Waals surface area contributed by atoms with Gasteiger partial charge in [0.15, 0.2) is 0 Å². The van der Waals surface area contributed by atoms with E-state index >= 15 is 0 Å². The topological polar surface area (TPSA) is 38.1 Å². The highest BCUT2D eigenvalue weighted by molar-refractivity contribution is 6.16. The summed E-state index contributed by atoms with van der Waals surface area (Å²) in [5.41, 5.74) is 1.85. The summed E-state index contributed by atoms with van der Waals surface area (Å²) in [6.45, 7) is 3.54. The number of aromatic nitrogens is 2. The number of amides is 1. The molecular weight excluding hydrogens is 293 g/mol. The minimum absolute atomic E-state index is 0.0696. The van der Waals surface area contributed by atoms with Crippen LogP contribution in [0.1, 0.15) is 24.2 Å². The molecule has 1 aromatic carbocycles. The Bertz CT molecular complexity index is 692. The number of alkyl halides is 1. The highest BCUT2D eigenvalue weighted by Gasteiger charge is 2.21. The molecule has 1 aliphatic rings. The standard InChI is InChI=1S/C15H17ClFN3O/c1-10-6-13-12(7-11(10)17)18-14(8-16)20(13)9-15(21)19-4-2-3-5-19/h6-7H,2-5,8-9H2,1H3. The van der Waals surface area contributed by atoms with Crippen molar-refractivity contribution in [2.75, 3.05) is 13.1 Å². The van der Waals surface area contributed by atoms with Gasteiger partial charge in [-0.3, -0.25) is 4.79 Å². The van der Waals surface area contributed by atoms with Gasteiger partial charge in [0.1, 0.15) is 18.2 Å². The highest BCUT2D eigenvalue weighted by Crippen LogP contribution is 2.22. The fourth-order valence-corrected chi connectivity index (χ4v) is 2.98. The third-order valence-corrected chi connectivity index (χ3v) is 4.22. The van der Waals surface area contributed by atoms with Crippen molar-refractivity contribution in [1.82, 2.24) is 14.5 Å². The van der Waals surface area contributed by atoms with E-state index in [4.69, 9.17) is 11.6 Å². The molecule has 4 nitrogen and oxygen atoms in total. The Hall–Kier alpha value is -1.62. The average Bonchev–Trinajstić information content (AvgIpc) is 3.09. The van der Waals surface area contributed by atoms with E-state index in [0.29, 0.717) is 16.9 Å². The summed E-state index contributed by atoms with van der Waals surface area (Å²) >= 11 is 5.92. The molecule has 0 spiro atoms. The molecule has 0 saturated carbocycles. The number of fused-ring (bicyclic) bond motifs is 1. The maximum absolute atomic E-state index is 13.6. The van der Waals surface area contributed by atoms with E-state index in [1.807, 2.05) is 4.90 Å². The van der Waals surface area contributed by atoms with Crippen molar-refractivity contribution in [3.8, 4) is 0 Å². The number of benzene rings is 1. The summed E-state index contributed by atoms with van der Waals surface area (Å²) in [4.78, 5) is 18.5. The van der Waals surface area contributed by atoms with Crippen LogP contribution in [0, 0.1) is 12.7 Å². The van der Waals surface area contributed by atoms with Gasteiger partial charge in [-0.1, -0.05) is 0 Å². The second-order valence-corrected chi connectivity index (χ2v) is 5.69. The average molecular weight is 310 g/mol. The van der Waals surface area contributed by atoms with Crippen molar-refractivity contribution >= 4 is 28.5 Å². The second kappa shape index (κ2) is 5.64. The second-order valence-electron chi connectivity index (χ2n) is 5.43. The molecule has 2 aromatic rings. The molecule has 0 bridgehead atoms. The van der Waals surface area contributed by atoms with Crippen LogP contribution >= 0.6 is 11.6 Å². The molecular formula is C15H17ClFN3O. The number of halogens is 2. The number of hydrogen-bond donors (Lipinski definition) is 0. The predicted molar refractivity (Wildman–Crippen MR) is 79.8 cm³/mol. The van der Waals surface area contributed by atoms with E-state index in [-0.39, 0.29) is 24.1 Å². The number of carbonyl (C=O) groups excluding carboxylic acids is 1. The molecule has 21 heavy (non-hydrogen) atoms. The van der Waals surface area contributed by atoms with Crippen LogP contribution < -0.4 is 0 Å². The van der Waals surface area contributed by atoms with Crippen molar-refractivity contribution in [1.29, 1.82) is 0 Å². The SMILES string of the molecule is Cc1cc2c(cc1F)nc(CCl)n2CC(=O)N1CCCC1. The Kier molecular flexibility index (Phi) is 3.85. The summed E-state index contributed by atoms with van der Waals surface area (Å²) in [6.07, 6.45) is 2.12. The maximum Gasteiger partial charge on any atom is 0.242 e. The first kappa shape index (κ1) is 14.3. The summed E-state index contributed by atoms with van der Waals surface area (Å²) in [7, 11) is 0. The van der Waals surface area contributed by atoms with Gasteiger partial charge in [-0.2, -0.15) is 0 Å². The lowest BCUT2D eigenvalue weighted by molar-refractivity contribution is -0.130. The first-order valence-electron chi connectivity index (χ1n) is 7.09. The van der Waals surface area contributed by atoms with Gasteiger partial charge >= 0.3 is 0 Å². The number of aryl methyl sites for hydroxylation is 1. The lowest BCUT2D eigenvalue weighted by Crippen LogP contribution is -2.31. The van der Waals surface area contributed by atoms with Gasteiger partial charge in [-0.15, -0.1) is 11.6 Å². The number of carbonyl (C=O) groups is 1. The van der Waals surface area contributed by atoms with Crippen LogP contribution in [0.3, 0.4) is 0 Å². The van der Waals surface area contributed by atoms with Gasteiger partial charge in [-0.05, 0) is 31.4 Å². The number of rotatable bonds is 3. The Morgan fingerprint density at radius 1 is 1.38 bits per heavy atom. The van der Waals surface area contributed by atoms with Crippen LogP contribution in [0.2, 0.25) is 0 Å². The molecule has 0 aliphatic carbocycles. The van der Waals surface area contributed by atoms with E-state index < -0.39 is 0 Å². The Morgan fingerprint density at radius 2 is 2.10 bits per heavy atom. The van der Waals surface area contributed by atoms with Crippen molar-refractivity contribution in [2.45, 2.75) is 32.2 Å². The van der Waals surface area contributed by atoms with Crippen molar-refractivity contribution in [2.24, 2.45) is 0 Å². The minimum atomic E-state index is -0.292. The molecule has 2 heterocycles. The first-order chi connectivity index (χ1) is 10.1. The normalized spacial score (nSPS) is 15.1. The van der Waals surface area contributed by atoms with Crippen LogP contribution in [0.15, 0.2) is 12.1 Å². The zero-order valence-corrected chi connectivity index (χ0v) is 12.7.